The molecule has 3 aliphatic rings. The predicted octanol–water partition coefficient (Wildman–Crippen LogP) is 2.37. The normalized spacial score (nSPS) is 29.4. The van der Waals surface area contributed by atoms with Crippen molar-refractivity contribution in [3.63, 3.8) is 0 Å². The van der Waals surface area contributed by atoms with Gasteiger partial charge >= 0.3 is 0 Å². The smallest absolute Gasteiger partial charge is 0.226 e. The Morgan fingerprint density at radius 1 is 1.27 bits per heavy atom. The summed E-state index contributed by atoms with van der Waals surface area (Å²) in [6.07, 6.45) is 3.36. The summed E-state index contributed by atoms with van der Waals surface area (Å²) in [6, 6.07) is 8.18. The van der Waals surface area contributed by atoms with E-state index in [2.05, 4.69) is 21.9 Å². The predicted molar refractivity (Wildman–Crippen MR) is 100 cm³/mol. The maximum atomic E-state index is 13.0. The lowest BCUT2D eigenvalue weighted by molar-refractivity contribution is -0.134. The molecule has 1 aliphatic carbocycles. The second-order valence-corrected chi connectivity index (χ2v) is 7.93. The maximum Gasteiger partial charge on any atom is 0.226 e. The highest BCUT2D eigenvalue weighted by Gasteiger charge is 2.46. The van der Waals surface area contributed by atoms with Crippen LogP contribution in [0.25, 0.3) is 0 Å². The van der Waals surface area contributed by atoms with E-state index in [1.54, 1.807) is 7.11 Å². The lowest BCUT2D eigenvalue weighted by atomic mass is 9.96. The molecule has 0 bridgehead atoms. The largest absolute Gasteiger partial charge is 0.497 e. The van der Waals surface area contributed by atoms with Gasteiger partial charge in [0, 0.05) is 38.6 Å². The van der Waals surface area contributed by atoms with E-state index in [4.69, 9.17) is 9.47 Å². The number of methoxy groups -OCH3 is 1. The molecule has 142 valence electrons. The number of rotatable bonds is 5. The highest BCUT2D eigenvalue weighted by molar-refractivity contribution is 5.83. The number of piperidine rings is 1. The van der Waals surface area contributed by atoms with E-state index in [-0.39, 0.29) is 5.92 Å². The lowest BCUT2D eigenvalue weighted by Gasteiger charge is -2.37. The minimum Gasteiger partial charge on any atom is -0.497 e. The van der Waals surface area contributed by atoms with Gasteiger partial charge in [0.25, 0.3) is 0 Å². The summed E-state index contributed by atoms with van der Waals surface area (Å²) in [7, 11) is 1.69. The van der Waals surface area contributed by atoms with Gasteiger partial charge in [-0.2, -0.15) is 0 Å². The summed E-state index contributed by atoms with van der Waals surface area (Å²) in [5.41, 5.74) is 1.24. The minimum atomic E-state index is 0.171. The zero-order chi connectivity index (χ0) is 17.9. The molecule has 1 saturated carbocycles. The van der Waals surface area contributed by atoms with Crippen LogP contribution in [0, 0.1) is 11.8 Å². The molecule has 0 spiro atoms. The first kappa shape index (κ1) is 17.8. The van der Waals surface area contributed by atoms with E-state index in [1.165, 1.54) is 12.0 Å². The standard InChI is InChI=1S/C21H30N2O3/c1-25-18-6-2-5-17(12-18)19-13-20(19)21(24)23-7-3-4-16(15-23)14-22-8-10-26-11-9-22/h2,5-6,12,16,19-20H,3-4,7-11,13-15H2,1H3. The molecule has 4 rings (SSSR count). The second kappa shape index (κ2) is 7.97. The minimum absolute atomic E-state index is 0.171. The summed E-state index contributed by atoms with van der Waals surface area (Å²) < 4.78 is 10.8. The Balaban J connectivity index is 1.31. The summed E-state index contributed by atoms with van der Waals surface area (Å²) in [6.45, 7) is 6.73. The van der Waals surface area contributed by atoms with Gasteiger partial charge in [-0.25, -0.2) is 0 Å². The maximum absolute atomic E-state index is 13.0. The number of amides is 1. The number of ether oxygens (including phenoxy) is 2. The van der Waals surface area contributed by atoms with Crippen LogP contribution in [-0.2, 0) is 9.53 Å². The van der Waals surface area contributed by atoms with Gasteiger partial charge in [-0.05, 0) is 48.8 Å². The summed E-state index contributed by atoms with van der Waals surface area (Å²) in [5, 5.41) is 0. The Kier molecular flexibility index (Phi) is 5.46. The van der Waals surface area contributed by atoms with Crippen molar-refractivity contribution < 1.29 is 14.3 Å². The van der Waals surface area contributed by atoms with Crippen LogP contribution in [0.1, 0.15) is 30.7 Å². The zero-order valence-electron chi connectivity index (χ0n) is 15.7. The highest BCUT2D eigenvalue weighted by atomic mass is 16.5. The summed E-state index contributed by atoms with van der Waals surface area (Å²) >= 11 is 0. The van der Waals surface area contributed by atoms with Crippen LogP contribution in [0.5, 0.6) is 5.75 Å². The number of carbonyl (C=O) groups is 1. The number of nitrogens with zero attached hydrogens (tertiary/aromatic N) is 2. The Labute approximate surface area is 156 Å². The molecule has 1 aromatic rings. The van der Waals surface area contributed by atoms with Crippen molar-refractivity contribution in [3.8, 4) is 5.75 Å². The highest BCUT2D eigenvalue weighted by Crippen LogP contribution is 2.49. The topological polar surface area (TPSA) is 42.0 Å². The average molecular weight is 358 g/mol. The Bertz CT molecular complexity index is 629. The molecule has 1 amide bonds. The molecule has 2 saturated heterocycles. The van der Waals surface area contributed by atoms with Crippen molar-refractivity contribution in [2.45, 2.75) is 25.2 Å². The number of morpholine rings is 1. The molecule has 5 heteroatoms. The van der Waals surface area contributed by atoms with Gasteiger partial charge in [0.15, 0.2) is 0 Å². The Hall–Kier alpha value is -1.59. The molecule has 3 atom stereocenters. The third-order valence-corrected chi connectivity index (χ3v) is 6.08. The molecule has 5 nitrogen and oxygen atoms in total. The van der Waals surface area contributed by atoms with Gasteiger partial charge in [0.05, 0.1) is 20.3 Å². The van der Waals surface area contributed by atoms with Crippen LogP contribution in [0.3, 0.4) is 0 Å². The number of hydrogen-bond acceptors (Lipinski definition) is 4. The molecular formula is C21H30N2O3. The summed E-state index contributed by atoms with van der Waals surface area (Å²) in [5.74, 6) is 2.40. The Morgan fingerprint density at radius 3 is 2.92 bits per heavy atom. The van der Waals surface area contributed by atoms with Crippen molar-refractivity contribution >= 4 is 5.91 Å². The SMILES string of the molecule is COc1cccc(C2CC2C(=O)N2CCCC(CN3CCOCC3)C2)c1. The van der Waals surface area contributed by atoms with Gasteiger partial charge in [-0.15, -0.1) is 0 Å². The van der Waals surface area contributed by atoms with Crippen LogP contribution in [0.4, 0.5) is 0 Å². The number of benzene rings is 1. The second-order valence-electron chi connectivity index (χ2n) is 7.93. The monoisotopic (exact) mass is 358 g/mol. The van der Waals surface area contributed by atoms with Crippen LogP contribution in [0.2, 0.25) is 0 Å². The van der Waals surface area contributed by atoms with Gasteiger partial charge < -0.3 is 14.4 Å². The molecule has 2 aliphatic heterocycles. The molecule has 3 fully saturated rings. The van der Waals surface area contributed by atoms with E-state index < -0.39 is 0 Å². The molecule has 0 aromatic heterocycles. The van der Waals surface area contributed by atoms with Crippen molar-refractivity contribution in [1.29, 1.82) is 0 Å². The van der Waals surface area contributed by atoms with Crippen molar-refractivity contribution in [3.05, 3.63) is 29.8 Å². The van der Waals surface area contributed by atoms with Crippen molar-refractivity contribution in [2.75, 3.05) is 53.0 Å². The molecule has 1 aromatic carbocycles. The van der Waals surface area contributed by atoms with Gasteiger partial charge in [-0.3, -0.25) is 9.69 Å². The average Bonchev–Trinajstić information content (AvgIpc) is 3.49. The fourth-order valence-electron chi connectivity index (χ4n) is 4.51. The summed E-state index contributed by atoms with van der Waals surface area (Å²) in [4.78, 5) is 17.6. The van der Waals surface area contributed by atoms with Gasteiger partial charge in [-0.1, -0.05) is 12.1 Å². The van der Waals surface area contributed by atoms with E-state index >= 15 is 0 Å². The third kappa shape index (κ3) is 4.04. The van der Waals surface area contributed by atoms with Crippen LogP contribution >= 0.6 is 0 Å². The first-order chi connectivity index (χ1) is 12.7. The van der Waals surface area contributed by atoms with E-state index in [9.17, 15) is 4.79 Å². The van der Waals surface area contributed by atoms with Gasteiger partial charge in [0.2, 0.25) is 5.91 Å². The fraction of sp³-hybridized carbons (Fsp3) is 0.667. The van der Waals surface area contributed by atoms with Crippen LogP contribution in [0.15, 0.2) is 24.3 Å². The molecule has 0 radical (unpaired) electrons. The van der Waals surface area contributed by atoms with Gasteiger partial charge in [0.1, 0.15) is 5.75 Å². The number of hydrogen-bond donors (Lipinski definition) is 0. The molecule has 2 heterocycles. The van der Waals surface area contributed by atoms with E-state index in [1.807, 2.05) is 12.1 Å². The van der Waals surface area contributed by atoms with Crippen LogP contribution < -0.4 is 4.74 Å². The van der Waals surface area contributed by atoms with E-state index in [0.29, 0.717) is 17.7 Å². The van der Waals surface area contributed by atoms with Crippen molar-refractivity contribution in [2.24, 2.45) is 11.8 Å². The number of carbonyl (C=O) groups excluding carboxylic acids is 1. The third-order valence-electron chi connectivity index (χ3n) is 6.08. The lowest BCUT2D eigenvalue weighted by Crippen LogP contribution is -2.46. The molecule has 26 heavy (non-hydrogen) atoms. The van der Waals surface area contributed by atoms with Crippen molar-refractivity contribution in [1.82, 2.24) is 9.80 Å². The quantitative estimate of drug-likeness (QED) is 0.810. The zero-order valence-corrected chi connectivity index (χ0v) is 15.7. The van der Waals surface area contributed by atoms with Crippen LogP contribution in [-0.4, -0.2) is 68.8 Å². The first-order valence-corrected chi connectivity index (χ1v) is 9.97. The fourth-order valence-corrected chi connectivity index (χ4v) is 4.51. The Morgan fingerprint density at radius 2 is 2.12 bits per heavy atom. The first-order valence-electron chi connectivity index (χ1n) is 9.97. The number of likely N-dealkylation sites (tertiary alicyclic amines) is 1. The van der Waals surface area contributed by atoms with E-state index in [0.717, 1.165) is 64.5 Å². The molecule has 3 unspecified atom stereocenters. The molecule has 0 N–H and O–H groups in total. The molecular weight excluding hydrogens is 328 g/mol.